The summed E-state index contributed by atoms with van der Waals surface area (Å²) in [4.78, 5) is 28.5. The van der Waals surface area contributed by atoms with Gasteiger partial charge in [0.2, 0.25) is 0 Å². The predicted octanol–water partition coefficient (Wildman–Crippen LogP) is 5.63. The Bertz CT molecular complexity index is 1180. The fourth-order valence-corrected chi connectivity index (χ4v) is 5.42. The zero-order chi connectivity index (χ0) is 26.2. The fraction of sp³-hybridized carbons (Fsp3) is 0.393. The number of aromatic nitrogens is 2. The number of thioether (sulfide) groups is 1. The molecule has 0 N–H and O–H groups in total. The summed E-state index contributed by atoms with van der Waals surface area (Å²) in [5.74, 6) is 2.50. The number of carbonyl (C=O) groups excluding carboxylic acids is 1. The van der Waals surface area contributed by atoms with E-state index in [0.717, 1.165) is 49.0 Å². The molecule has 0 aliphatic carbocycles. The van der Waals surface area contributed by atoms with E-state index in [2.05, 4.69) is 39.7 Å². The Kier molecular flexibility index (Phi) is 9.52. The first-order valence-electron chi connectivity index (χ1n) is 12.8. The van der Waals surface area contributed by atoms with E-state index in [1.165, 1.54) is 0 Å². The minimum atomic E-state index is 0.0685. The van der Waals surface area contributed by atoms with Crippen molar-refractivity contribution >= 4 is 40.8 Å². The van der Waals surface area contributed by atoms with Gasteiger partial charge in [0.15, 0.2) is 5.16 Å². The monoisotopic (exact) mass is 539 g/mol. The largest absolute Gasteiger partial charge is 0.492 e. The summed E-state index contributed by atoms with van der Waals surface area (Å²) < 4.78 is 5.78. The van der Waals surface area contributed by atoms with Crippen LogP contribution in [-0.4, -0.2) is 66.7 Å². The van der Waals surface area contributed by atoms with Gasteiger partial charge in [0.1, 0.15) is 16.7 Å². The molecule has 1 saturated heterocycles. The zero-order valence-corrected chi connectivity index (χ0v) is 23.3. The van der Waals surface area contributed by atoms with Crippen LogP contribution in [0.15, 0.2) is 59.8 Å². The van der Waals surface area contributed by atoms with Crippen molar-refractivity contribution in [3.8, 4) is 5.75 Å². The number of hydrogen-bond donors (Lipinski definition) is 0. The maximum atomic E-state index is 13.1. The third-order valence-corrected chi connectivity index (χ3v) is 7.50. The van der Waals surface area contributed by atoms with Crippen molar-refractivity contribution in [3.63, 3.8) is 0 Å². The van der Waals surface area contributed by atoms with Crippen molar-refractivity contribution in [2.24, 2.45) is 0 Å². The molecule has 1 aliphatic heterocycles. The van der Waals surface area contributed by atoms with Crippen LogP contribution in [0.3, 0.4) is 0 Å². The quantitative estimate of drug-likeness (QED) is 0.188. The number of carbonyl (C=O) groups is 1. The molecule has 2 heterocycles. The molecule has 1 aliphatic rings. The van der Waals surface area contributed by atoms with Gasteiger partial charge < -0.3 is 19.4 Å². The van der Waals surface area contributed by atoms with E-state index in [0.29, 0.717) is 41.3 Å². The van der Waals surface area contributed by atoms with Gasteiger partial charge in [-0.2, -0.15) is 0 Å². The van der Waals surface area contributed by atoms with Crippen LogP contribution in [0.25, 0.3) is 0 Å². The lowest BCUT2D eigenvalue weighted by atomic mass is 10.1. The van der Waals surface area contributed by atoms with Crippen LogP contribution >= 0.6 is 23.4 Å². The van der Waals surface area contributed by atoms with Crippen LogP contribution in [0.2, 0.25) is 5.15 Å². The van der Waals surface area contributed by atoms with Gasteiger partial charge in [-0.1, -0.05) is 47.6 Å². The molecule has 37 heavy (non-hydrogen) atoms. The Labute approximate surface area is 228 Å². The molecule has 1 fully saturated rings. The Balaban J connectivity index is 1.33. The highest BCUT2D eigenvalue weighted by Gasteiger charge is 2.23. The number of amides is 1. The molecular formula is C28H34ClN5O2S. The second kappa shape index (κ2) is 13.0. The van der Waals surface area contributed by atoms with E-state index >= 15 is 0 Å². The molecule has 1 aromatic heterocycles. The first-order chi connectivity index (χ1) is 18.0. The lowest BCUT2D eigenvalue weighted by molar-refractivity contribution is 0.0746. The number of nitrogens with zero attached hydrogens (tertiary/aromatic N) is 5. The van der Waals surface area contributed by atoms with Gasteiger partial charge >= 0.3 is 0 Å². The lowest BCUT2D eigenvalue weighted by Crippen LogP contribution is -2.48. The van der Waals surface area contributed by atoms with Crippen LogP contribution in [0, 0.1) is 0 Å². The summed E-state index contributed by atoms with van der Waals surface area (Å²) in [5, 5.41) is 1.10. The Morgan fingerprint density at radius 3 is 2.38 bits per heavy atom. The number of piperazine rings is 1. The van der Waals surface area contributed by atoms with Crippen molar-refractivity contribution in [1.29, 1.82) is 0 Å². The fourth-order valence-electron chi connectivity index (χ4n) is 4.38. The van der Waals surface area contributed by atoms with Gasteiger partial charge in [0.05, 0.1) is 12.3 Å². The highest BCUT2D eigenvalue weighted by Crippen LogP contribution is 2.29. The molecule has 0 saturated carbocycles. The molecular weight excluding hydrogens is 506 g/mol. The van der Waals surface area contributed by atoms with E-state index < -0.39 is 0 Å². The molecule has 0 bridgehead atoms. The number of hydrogen-bond acceptors (Lipinski definition) is 7. The normalized spacial score (nSPS) is 13.5. The number of rotatable bonds is 10. The van der Waals surface area contributed by atoms with Gasteiger partial charge in [-0.05, 0) is 50.6 Å². The molecule has 0 atom stereocenters. The molecule has 2 aromatic carbocycles. The van der Waals surface area contributed by atoms with Crippen molar-refractivity contribution in [1.82, 2.24) is 14.9 Å². The average Bonchev–Trinajstić information content (AvgIpc) is 2.93. The molecule has 1 amide bonds. The van der Waals surface area contributed by atoms with E-state index in [1.54, 1.807) is 17.8 Å². The third kappa shape index (κ3) is 6.87. The molecule has 0 radical (unpaired) electrons. The number of para-hydroxylation sites is 2. The highest BCUT2D eigenvalue weighted by molar-refractivity contribution is 7.98. The van der Waals surface area contributed by atoms with E-state index in [9.17, 15) is 4.79 Å². The summed E-state index contributed by atoms with van der Waals surface area (Å²) in [7, 11) is 0. The lowest BCUT2D eigenvalue weighted by Gasteiger charge is -2.36. The predicted molar refractivity (Wildman–Crippen MR) is 152 cm³/mol. The molecule has 3 aromatic rings. The SMILES string of the molecule is CCOc1ccccc1N1CCN(C(=O)c2ccc(CSc3nc(Cl)cc(N(CC)CC)n3)cc2)CC1. The van der Waals surface area contributed by atoms with Gasteiger partial charge in [0.25, 0.3) is 5.91 Å². The number of benzene rings is 2. The molecule has 9 heteroatoms. The van der Waals surface area contributed by atoms with E-state index in [4.69, 9.17) is 16.3 Å². The van der Waals surface area contributed by atoms with Crippen LogP contribution in [-0.2, 0) is 5.75 Å². The van der Waals surface area contributed by atoms with Gasteiger partial charge in [-0.15, -0.1) is 0 Å². The average molecular weight is 540 g/mol. The zero-order valence-electron chi connectivity index (χ0n) is 21.7. The minimum Gasteiger partial charge on any atom is -0.492 e. The van der Waals surface area contributed by atoms with Gasteiger partial charge in [-0.3, -0.25) is 4.79 Å². The van der Waals surface area contributed by atoms with Crippen LogP contribution < -0.4 is 14.5 Å². The molecule has 0 unspecified atom stereocenters. The third-order valence-electron chi connectivity index (χ3n) is 6.39. The summed E-state index contributed by atoms with van der Waals surface area (Å²) in [5.41, 5.74) is 2.90. The number of anilines is 2. The Hall–Kier alpha value is -2.97. The number of halogens is 1. The van der Waals surface area contributed by atoms with Gasteiger partial charge in [-0.25, -0.2) is 9.97 Å². The van der Waals surface area contributed by atoms with E-state index in [1.807, 2.05) is 54.3 Å². The van der Waals surface area contributed by atoms with Gasteiger partial charge in [0, 0.05) is 56.7 Å². The van der Waals surface area contributed by atoms with Crippen LogP contribution in [0.4, 0.5) is 11.5 Å². The molecule has 4 rings (SSSR count). The van der Waals surface area contributed by atoms with Crippen molar-refractivity contribution in [2.75, 3.05) is 55.7 Å². The summed E-state index contributed by atoms with van der Waals surface area (Å²) >= 11 is 7.78. The summed E-state index contributed by atoms with van der Waals surface area (Å²) in [6.07, 6.45) is 0. The first-order valence-corrected chi connectivity index (χ1v) is 14.2. The van der Waals surface area contributed by atoms with Crippen molar-refractivity contribution < 1.29 is 9.53 Å². The van der Waals surface area contributed by atoms with Crippen LogP contribution in [0.1, 0.15) is 36.7 Å². The minimum absolute atomic E-state index is 0.0685. The Morgan fingerprint density at radius 1 is 1.00 bits per heavy atom. The smallest absolute Gasteiger partial charge is 0.253 e. The van der Waals surface area contributed by atoms with Crippen molar-refractivity contribution in [2.45, 2.75) is 31.7 Å². The van der Waals surface area contributed by atoms with E-state index in [-0.39, 0.29) is 5.91 Å². The summed E-state index contributed by atoms with van der Waals surface area (Å²) in [6, 6.07) is 17.7. The van der Waals surface area contributed by atoms with Crippen LogP contribution in [0.5, 0.6) is 5.75 Å². The Morgan fingerprint density at radius 2 is 1.70 bits per heavy atom. The first kappa shape index (κ1) is 27.1. The second-order valence-electron chi connectivity index (χ2n) is 8.67. The maximum Gasteiger partial charge on any atom is 0.253 e. The molecule has 7 nitrogen and oxygen atoms in total. The van der Waals surface area contributed by atoms with Crippen molar-refractivity contribution in [3.05, 3.63) is 70.9 Å². The summed E-state index contributed by atoms with van der Waals surface area (Å²) in [6.45, 7) is 11.4. The molecule has 196 valence electrons. The number of ether oxygens (including phenoxy) is 1. The topological polar surface area (TPSA) is 61.8 Å². The second-order valence-corrected chi connectivity index (χ2v) is 10.00. The highest BCUT2D eigenvalue weighted by atomic mass is 35.5. The maximum absolute atomic E-state index is 13.1. The molecule has 0 spiro atoms. The standard InChI is InChI=1S/C28H34ClN5O2S/c1-4-32(5-2)26-19-25(29)30-28(31-26)37-20-21-11-13-22(14-12-21)27(35)34-17-15-33(16-18-34)23-9-7-8-10-24(23)36-6-3/h7-14,19H,4-6,15-18,20H2,1-3H3.